The van der Waals surface area contributed by atoms with Crippen molar-refractivity contribution in [2.75, 3.05) is 5.32 Å². The van der Waals surface area contributed by atoms with Crippen LogP contribution in [0.4, 0.5) is 5.69 Å². The molecule has 1 amide bonds. The van der Waals surface area contributed by atoms with Crippen LogP contribution in [0.1, 0.15) is 17.3 Å². The Bertz CT molecular complexity index is 1390. The van der Waals surface area contributed by atoms with Crippen molar-refractivity contribution in [3.63, 3.8) is 0 Å². The standard InChI is InChI=1S/C22H16N4O4S/c1-12-20(28)23-16-9-14(7-8-18(16)30-12)17(27)11-26-22(29)15-10-19(31-21(15)24-25-26)13-5-3-2-4-6-13/h2-10,12H,11H2,1H3,(H,23,28). The molecule has 0 fully saturated rings. The first-order valence-electron chi connectivity index (χ1n) is 9.57. The van der Waals surface area contributed by atoms with Crippen LogP contribution in [0.5, 0.6) is 5.75 Å². The molecule has 5 rings (SSSR count). The quantitative estimate of drug-likeness (QED) is 0.497. The van der Waals surface area contributed by atoms with E-state index in [2.05, 4.69) is 15.6 Å². The van der Waals surface area contributed by atoms with Crippen LogP contribution in [-0.4, -0.2) is 32.8 Å². The molecular formula is C22H16N4O4S. The van der Waals surface area contributed by atoms with E-state index in [1.165, 1.54) is 17.4 Å². The second-order valence-corrected chi connectivity index (χ2v) is 8.16. The van der Waals surface area contributed by atoms with Gasteiger partial charge in [0.15, 0.2) is 16.7 Å². The van der Waals surface area contributed by atoms with E-state index in [4.69, 9.17) is 4.74 Å². The predicted octanol–water partition coefficient (Wildman–Crippen LogP) is 3.12. The topological polar surface area (TPSA) is 103 Å². The van der Waals surface area contributed by atoms with Crippen LogP contribution in [0.15, 0.2) is 59.4 Å². The number of hydrogen-bond acceptors (Lipinski definition) is 7. The highest BCUT2D eigenvalue weighted by molar-refractivity contribution is 7.21. The monoisotopic (exact) mass is 432 g/mol. The van der Waals surface area contributed by atoms with Gasteiger partial charge in [0.1, 0.15) is 12.3 Å². The minimum absolute atomic E-state index is 0.262. The van der Waals surface area contributed by atoms with Gasteiger partial charge in [-0.3, -0.25) is 14.4 Å². The summed E-state index contributed by atoms with van der Waals surface area (Å²) < 4.78 is 6.56. The molecule has 9 heteroatoms. The second kappa shape index (κ2) is 7.44. The molecule has 0 bridgehead atoms. The van der Waals surface area contributed by atoms with Gasteiger partial charge in [-0.05, 0) is 36.8 Å². The molecule has 4 aromatic rings. The van der Waals surface area contributed by atoms with Gasteiger partial charge in [0.05, 0.1) is 11.1 Å². The van der Waals surface area contributed by atoms with Crippen LogP contribution < -0.4 is 15.6 Å². The number of nitrogens with zero attached hydrogens (tertiary/aromatic N) is 3. The van der Waals surface area contributed by atoms with E-state index in [0.29, 0.717) is 27.2 Å². The number of carbonyl (C=O) groups is 2. The molecule has 31 heavy (non-hydrogen) atoms. The highest BCUT2D eigenvalue weighted by Crippen LogP contribution is 2.31. The van der Waals surface area contributed by atoms with Crippen molar-refractivity contribution in [1.82, 2.24) is 15.0 Å². The molecule has 8 nitrogen and oxygen atoms in total. The highest BCUT2D eigenvalue weighted by atomic mass is 32.1. The number of carbonyl (C=O) groups excluding carboxylic acids is 2. The largest absolute Gasteiger partial charge is 0.479 e. The maximum Gasteiger partial charge on any atom is 0.278 e. The number of ether oxygens (including phenoxy) is 1. The minimum Gasteiger partial charge on any atom is -0.479 e. The summed E-state index contributed by atoms with van der Waals surface area (Å²) in [6, 6.07) is 16.2. The van der Waals surface area contributed by atoms with Gasteiger partial charge in [0.2, 0.25) is 0 Å². The molecule has 1 atom stereocenters. The van der Waals surface area contributed by atoms with Crippen LogP contribution in [0.25, 0.3) is 20.7 Å². The summed E-state index contributed by atoms with van der Waals surface area (Å²) in [6.07, 6.45) is -0.596. The number of ketones is 1. The molecule has 1 aliphatic rings. The van der Waals surface area contributed by atoms with E-state index >= 15 is 0 Å². The first-order valence-corrected chi connectivity index (χ1v) is 10.4. The molecule has 0 saturated heterocycles. The van der Waals surface area contributed by atoms with Crippen molar-refractivity contribution in [2.45, 2.75) is 19.6 Å². The molecule has 1 aliphatic heterocycles. The van der Waals surface area contributed by atoms with Crippen molar-refractivity contribution in [2.24, 2.45) is 0 Å². The number of rotatable bonds is 4. The first-order chi connectivity index (χ1) is 15.0. The average Bonchev–Trinajstić information content (AvgIpc) is 3.22. The number of anilines is 1. The fourth-order valence-electron chi connectivity index (χ4n) is 3.34. The van der Waals surface area contributed by atoms with Crippen LogP contribution in [0.3, 0.4) is 0 Å². The molecule has 0 aliphatic carbocycles. The number of thiophene rings is 1. The smallest absolute Gasteiger partial charge is 0.278 e. The lowest BCUT2D eigenvalue weighted by molar-refractivity contribution is -0.122. The van der Waals surface area contributed by atoms with E-state index < -0.39 is 6.10 Å². The van der Waals surface area contributed by atoms with Crippen molar-refractivity contribution in [3.05, 3.63) is 70.5 Å². The molecule has 0 spiro atoms. The molecule has 0 saturated carbocycles. The molecule has 2 aromatic heterocycles. The van der Waals surface area contributed by atoms with Crippen LogP contribution >= 0.6 is 11.3 Å². The molecular weight excluding hydrogens is 416 g/mol. The van der Waals surface area contributed by atoms with Crippen molar-refractivity contribution < 1.29 is 14.3 Å². The number of hydrogen-bond donors (Lipinski definition) is 1. The van der Waals surface area contributed by atoms with Gasteiger partial charge in [-0.2, -0.15) is 0 Å². The summed E-state index contributed by atoms with van der Waals surface area (Å²) >= 11 is 1.38. The van der Waals surface area contributed by atoms with Crippen LogP contribution in [0.2, 0.25) is 0 Å². The number of Topliss-reactive ketones (excluding diaryl/α,β-unsaturated/α-hetero) is 1. The normalized spacial score (nSPS) is 15.3. The van der Waals surface area contributed by atoms with Gasteiger partial charge in [-0.1, -0.05) is 35.5 Å². The molecule has 1 N–H and O–H groups in total. The number of nitrogens with one attached hydrogen (secondary N) is 1. The Labute approximate surface area is 180 Å². The third-order valence-corrected chi connectivity index (χ3v) is 6.07. The van der Waals surface area contributed by atoms with E-state index in [1.54, 1.807) is 25.1 Å². The van der Waals surface area contributed by atoms with Crippen LogP contribution in [-0.2, 0) is 11.3 Å². The third-order valence-electron chi connectivity index (χ3n) is 5.00. The Morgan fingerprint density at radius 2 is 1.97 bits per heavy atom. The van der Waals surface area contributed by atoms with E-state index in [0.717, 1.165) is 15.1 Å². The number of fused-ring (bicyclic) bond motifs is 2. The molecule has 2 aromatic carbocycles. The maximum atomic E-state index is 12.9. The number of amides is 1. The van der Waals surface area contributed by atoms with Gasteiger partial charge in [0, 0.05) is 10.4 Å². The van der Waals surface area contributed by atoms with E-state index in [-0.39, 0.29) is 23.8 Å². The zero-order chi connectivity index (χ0) is 21.5. The Hall–Kier alpha value is -3.85. The third kappa shape index (κ3) is 3.49. The molecule has 3 heterocycles. The van der Waals surface area contributed by atoms with Gasteiger partial charge >= 0.3 is 0 Å². The first kappa shape index (κ1) is 19.1. The summed E-state index contributed by atoms with van der Waals surface area (Å²) in [5.74, 6) is -0.116. The number of benzene rings is 2. The SMILES string of the molecule is CC1Oc2ccc(C(=O)Cn3nnc4sc(-c5ccccc5)cc4c3=O)cc2NC1=O. The van der Waals surface area contributed by atoms with Gasteiger partial charge in [0.25, 0.3) is 11.5 Å². The summed E-state index contributed by atoms with van der Waals surface area (Å²) in [5, 5.41) is 11.2. The molecule has 0 radical (unpaired) electrons. The maximum absolute atomic E-state index is 12.9. The zero-order valence-corrected chi connectivity index (χ0v) is 17.2. The van der Waals surface area contributed by atoms with Gasteiger partial charge in [-0.15, -0.1) is 16.4 Å². The summed E-state index contributed by atoms with van der Waals surface area (Å²) in [4.78, 5) is 38.9. The summed E-state index contributed by atoms with van der Waals surface area (Å²) in [6.45, 7) is 1.38. The van der Waals surface area contributed by atoms with E-state index in [9.17, 15) is 14.4 Å². The molecule has 154 valence electrons. The lowest BCUT2D eigenvalue weighted by Gasteiger charge is -2.23. The lowest BCUT2D eigenvalue weighted by atomic mass is 10.1. The average molecular weight is 432 g/mol. The molecule has 1 unspecified atom stereocenters. The lowest BCUT2D eigenvalue weighted by Crippen LogP contribution is -2.34. The fourth-order valence-corrected chi connectivity index (χ4v) is 4.31. The summed E-state index contributed by atoms with van der Waals surface area (Å²) in [7, 11) is 0. The minimum atomic E-state index is -0.596. The fraction of sp³-hybridized carbons (Fsp3) is 0.136. The van der Waals surface area contributed by atoms with Crippen molar-refractivity contribution in [1.29, 1.82) is 0 Å². The number of aromatic nitrogens is 3. The second-order valence-electron chi connectivity index (χ2n) is 7.13. The van der Waals surface area contributed by atoms with Crippen LogP contribution in [0, 0.1) is 0 Å². The Morgan fingerprint density at radius 1 is 1.16 bits per heavy atom. The summed E-state index contributed by atoms with van der Waals surface area (Å²) in [5.41, 5.74) is 1.37. The van der Waals surface area contributed by atoms with Crippen molar-refractivity contribution >= 4 is 38.9 Å². The predicted molar refractivity (Wildman–Crippen MR) is 117 cm³/mol. The zero-order valence-electron chi connectivity index (χ0n) is 16.4. The van der Waals surface area contributed by atoms with Gasteiger partial charge in [-0.25, -0.2) is 4.68 Å². The Balaban J connectivity index is 1.43. The van der Waals surface area contributed by atoms with Gasteiger partial charge < -0.3 is 10.1 Å². The Morgan fingerprint density at radius 3 is 2.77 bits per heavy atom. The Kier molecular flexibility index (Phi) is 4.59. The highest BCUT2D eigenvalue weighted by Gasteiger charge is 2.24. The van der Waals surface area contributed by atoms with Crippen molar-refractivity contribution in [3.8, 4) is 16.2 Å². The van der Waals surface area contributed by atoms with E-state index in [1.807, 2.05) is 30.3 Å².